The second-order valence-electron chi connectivity index (χ2n) is 4.63. The lowest BCUT2D eigenvalue weighted by atomic mass is 10.1. The number of nitrogens with two attached hydrogens (primary N) is 1. The normalized spacial score (nSPS) is 10.5. The van der Waals surface area contributed by atoms with Crippen molar-refractivity contribution in [1.29, 1.82) is 0 Å². The molecule has 0 atom stereocenters. The highest BCUT2D eigenvalue weighted by Gasteiger charge is 2.12. The molecular weight excluding hydrogens is 266 g/mol. The van der Waals surface area contributed by atoms with E-state index in [2.05, 4.69) is 10.1 Å². The van der Waals surface area contributed by atoms with E-state index >= 15 is 0 Å². The van der Waals surface area contributed by atoms with Crippen molar-refractivity contribution in [2.45, 2.75) is 6.42 Å². The van der Waals surface area contributed by atoms with Gasteiger partial charge in [-0.1, -0.05) is 35.5 Å². The summed E-state index contributed by atoms with van der Waals surface area (Å²) in [5.41, 5.74) is 8.37. The van der Waals surface area contributed by atoms with Crippen LogP contribution in [0.5, 0.6) is 5.75 Å². The van der Waals surface area contributed by atoms with Gasteiger partial charge in [-0.15, -0.1) is 0 Å². The second-order valence-corrected chi connectivity index (χ2v) is 4.63. The van der Waals surface area contributed by atoms with Crippen LogP contribution in [0.15, 0.2) is 53.1 Å². The summed E-state index contributed by atoms with van der Waals surface area (Å²) in [4.78, 5) is 4.39. The van der Waals surface area contributed by atoms with Crippen LogP contribution in [-0.2, 0) is 6.42 Å². The predicted octanol–water partition coefficient (Wildman–Crippen LogP) is 2.92. The number of benzene rings is 2. The molecule has 0 bridgehead atoms. The number of nitrogen functional groups attached to an aromatic ring is 1. The number of anilines is 1. The van der Waals surface area contributed by atoms with Gasteiger partial charge in [-0.3, -0.25) is 0 Å². The van der Waals surface area contributed by atoms with Crippen LogP contribution in [0.4, 0.5) is 5.69 Å². The first-order valence-corrected chi connectivity index (χ1v) is 6.56. The maximum Gasteiger partial charge on any atom is 0.260 e. The zero-order valence-corrected chi connectivity index (χ0v) is 11.6. The molecule has 0 fully saturated rings. The Morgan fingerprint density at radius 3 is 2.67 bits per heavy atom. The van der Waals surface area contributed by atoms with Gasteiger partial charge in [-0.25, -0.2) is 0 Å². The van der Waals surface area contributed by atoms with Crippen molar-refractivity contribution in [2.75, 3.05) is 12.8 Å². The summed E-state index contributed by atoms with van der Waals surface area (Å²) in [6, 6.07) is 15.4. The summed E-state index contributed by atoms with van der Waals surface area (Å²) in [5, 5.41) is 4.00. The molecule has 3 aromatic rings. The molecule has 5 heteroatoms. The Balaban J connectivity index is 1.85. The monoisotopic (exact) mass is 281 g/mol. The Hall–Kier alpha value is -2.82. The van der Waals surface area contributed by atoms with Gasteiger partial charge in [0.05, 0.1) is 12.7 Å². The maximum absolute atomic E-state index is 5.98. The van der Waals surface area contributed by atoms with E-state index in [4.69, 9.17) is 15.0 Å². The van der Waals surface area contributed by atoms with Gasteiger partial charge in [0.15, 0.2) is 5.82 Å². The van der Waals surface area contributed by atoms with Crippen LogP contribution in [0.1, 0.15) is 11.4 Å². The third-order valence-electron chi connectivity index (χ3n) is 3.16. The lowest BCUT2D eigenvalue weighted by molar-refractivity contribution is 0.414. The largest absolute Gasteiger partial charge is 0.497 e. The van der Waals surface area contributed by atoms with E-state index in [1.165, 1.54) is 0 Å². The number of aromatic nitrogens is 2. The SMILES string of the molecule is COc1ccc(-c2nc(Cc3ccccc3)no2)c(N)c1. The molecule has 0 saturated carbocycles. The summed E-state index contributed by atoms with van der Waals surface area (Å²) in [7, 11) is 1.60. The summed E-state index contributed by atoms with van der Waals surface area (Å²) < 4.78 is 10.4. The van der Waals surface area contributed by atoms with E-state index in [-0.39, 0.29) is 0 Å². The van der Waals surface area contributed by atoms with E-state index in [9.17, 15) is 0 Å². The third kappa shape index (κ3) is 2.86. The van der Waals surface area contributed by atoms with Gasteiger partial charge in [0.25, 0.3) is 5.89 Å². The van der Waals surface area contributed by atoms with Crippen LogP contribution >= 0.6 is 0 Å². The molecule has 0 aliphatic rings. The van der Waals surface area contributed by atoms with E-state index in [1.807, 2.05) is 42.5 Å². The Labute approximate surface area is 122 Å². The van der Waals surface area contributed by atoms with E-state index < -0.39 is 0 Å². The molecular formula is C16H15N3O2. The molecule has 0 amide bonds. The van der Waals surface area contributed by atoms with E-state index in [0.717, 1.165) is 5.56 Å². The molecule has 5 nitrogen and oxygen atoms in total. The Bertz CT molecular complexity index is 738. The number of methoxy groups -OCH3 is 1. The van der Waals surface area contributed by atoms with Crippen molar-refractivity contribution in [1.82, 2.24) is 10.1 Å². The van der Waals surface area contributed by atoms with Crippen LogP contribution in [0, 0.1) is 0 Å². The van der Waals surface area contributed by atoms with Crippen molar-refractivity contribution >= 4 is 5.69 Å². The average Bonchev–Trinajstić information content (AvgIpc) is 2.96. The van der Waals surface area contributed by atoms with Crippen molar-refractivity contribution in [3.63, 3.8) is 0 Å². The first-order valence-electron chi connectivity index (χ1n) is 6.56. The number of hydrogen-bond donors (Lipinski definition) is 1. The van der Waals surface area contributed by atoms with Gasteiger partial charge in [-0.2, -0.15) is 4.98 Å². The Kier molecular flexibility index (Phi) is 3.55. The summed E-state index contributed by atoms with van der Waals surface area (Å²) in [5.74, 6) is 1.74. The first kappa shape index (κ1) is 13.2. The third-order valence-corrected chi connectivity index (χ3v) is 3.16. The van der Waals surface area contributed by atoms with Gasteiger partial charge in [-0.05, 0) is 17.7 Å². The van der Waals surface area contributed by atoms with Crippen molar-refractivity contribution in [3.8, 4) is 17.2 Å². The lowest BCUT2D eigenvalue weighted by Gasteiger charge is -2.03. The summed E-state index contributed by atoms with van der Waals surface area (Å²) in [6.07, 6.45) is 0.625. The number of nitrogens with zero attached hydrogens (tertiary/aromatic N) is 2. The second kappa shape index (κ2) is 5.66. The topological polar surface area (TPSA) is 74.2 Å². The maximum atomic E-state index is 5.98. The van der Waals surface area contributed by atoms with E-state index in [1.54, 1.807) is 13.2 Å². The Morgan fingerprint density at radius 1 is 1.14 bits per heavy atom. The van der Waals surface area contributed by atoms with Crippen LogP contribution in [-0.4, -0.2) is 17.3 Å². The molecule has 0 saturated heterocycles. The predicted molar refractivity (Wildman–Crippen MR) is 79.9 cm³/mol. The number of ether oxygens (including phenoxy) is 1. The lowest BCUT2D eigenvalue weighted by Crippen LogP contribution is -1.93. The van der Waals surface area contributed by atoms with Crippen LogP contribution < -0.4 is 10.5 Å². The van der Waals surface area contributed by atoms with E-state index in [0.29, 0.717) is 35.1 Å². The van der Waals surface area contributed by atoms with Gasteiger partial charge in [0, 0.05) is 18.2 Å². The smallest absolute Gasteiger partial charge is 0.260 e. The highest BCUT2D eigenvalue weighted by atomic mass is 16.5. The molecule has 2 N–H and O–H groups in total. The van der Waals surface area contributed by atoms with Crippen molar-refractivity contribution in [3.05, 3.63) is 59.9 Å². The van der Waals surface area contributed by atoms with Crippen LogP contribution in [0.3, 0.4) is 0 Å². The first-order chi connectivity index (χ1) is 10.3. The molecule has 1 heterocycles. The summed E-state index contributed by atoms with van der Waals surface area (Å²) >= 11 is 0. The minimum Gasteiger partial charge on any atom is -0.497 e. The van der Waals surface area contributed by atoms with Gasteiger partial charge >= 0.3 is 0 Å². The number of rotatable bonds is 4. The van der Waals surface area contributed by atoms with Gasteiger partial charge in [0.1, 0.15) is 5.75 Å². The van der Waals surface area contributed by atoms with Gasteiger partial charge in [0.2, 0.25) is 0 Å². The summed E-state index contributed by atoms with van der Waals surface area (Å²) in [6.45, 7) is 0. The molecule has 0 radical (unpaired) electrons. The molecule has 0 spiro atoms. The zero-order valence-electron chi connectivity index (χ0n) is 11.6. The molecule has 0 aliphatic carbocycles. The van der Waals surface area contributed by atoms with Gasteiger partial charge < -0.3 is 15.0 Å². The molecule has 1 aromatic heterocycles. The molecule has 0 unspecified atom stereocenters. The highest BCUT2D eigenvalue weighted by molar-refractivity contribution is 5.71. The average molecular weight is 281 g/mol. The molecule has 106 valence electrons. The Morgan fingerprint density at radius 2 is 1.95 bits per heavy atom. The molecule has 2 aromatic carbocycles. The number of hydrogen-bond acceptors (Lipinski definition) is 5. The molecule has 21 heavy (non-hydrogen) atoms. The van der Waals surface area contributed by atoms with Crippen molar-refractivity contribution in [2.24, 2.45) is 0 Å². The van der Waals surface area contributed by atoms with Crippen molar-refractivity contribution < 1.29 is 9.26 Å². The fourth-order valence-corrected chi connectivity index (χ4v) is 2.08. The standard InChI is InChI=1S/C16H15N3O2/c1-20-12-7-8-13(14(17)10-12)16-18-15(19-21-16)9-11-5-3-2-4-6-11/h2-8,10H,9,17H2,1H3. The minimum absolute atomic E-state index is 0.418. The van der Waals surface area contributed by atoms with Crippen LogP contribution in [0.2, 0.25) is 0 Å². The fraction of sp³-hybridized carbons (Fsp3) is 0.125. The molecule has 3 rings (SSSR count). The minimum atomic E-state index is 0.418. The molecule has 0 aliphatic heterocycles. The van der Waals surface area contributed by atoms with Crippen LogP contribution in [0.25, 0.3) is 11.5 Å². The highest BCUT2D eigenvalue weighted by Crippen LogP contribution is 2.28. The quantitative estimate of drug-likeness (QED) is 0.744. The zero-order chi connectivity index (χ0) is 14.7. The fourth-order valence-electron chi connectivity index (χ4n) is 2.08.